The third kappa shape index (κ3) is 2.88. The zero-order chi connectivity index (χ0) is 12.3. The van der Waals surface area contributed by atoms with Crippen LogP contribution in [0.2, 0.25) is 0 Å². The van der Waals surface area contributed by atoms with Gasteiger partial charge in [0.05, 0.1) is 6.61 Å². The molecule has 0 saturated heterocycles. The standard InChI is InChI=1S/C11H14F3NO/c1-3-16-9-5-4-8(6-7(9)2)10(15)11(12,13)14/h4-6,10H,3,15H2,1-2H3. The van der Waals surface area contributed by atoms with Crippen molar-refractivity contribution in [1.82, 2.24) is 0 Å². The molecular weight excluding hydrogens is 219 g/mol. The first-order valence-corrected chi connectivity index (χ1v) is 4.92. The molecule has 90 valence electrons. The van der Waals surface area contributed by atoms with Crippen LogP contribution in [0.4, 0.5) is 13.2 Å². The van der Waals surface area contributed by atoms with Gasteiger partial charge in [-0.3, -0.25) is 0 Å². The molecule has 0 aromatic heterocycles. The number of halogens is 3. The Morgan fingerprint density at radius 2 is 2.00 bits per heavy atom. The van der Waals surface area contributed by atoms with E-state index in [4.69, 9.17) is 10.5 Å². The van der Waals surface area contributed by atoms with Gasteiger partial charge in [-0.1, -0.05) is 12.1 Å². The van der Waals surface area contributed by atoms with Crippen molar-refractivity contribution in [3.63, 3.8) is 0 Å². The van der Waals surface area contributed by atoms with Gasteiger partial charge in [0.1, 0.15) is 11.8 Å². The summed E-state index contributed by atoms with van der Waals surface area (Å²) in [7, 11) is 0. The fourth-order valence-corrected chi connectivity index (χ4v) is 1.37. The van der Waals surface area contributed by atoms with E-state index in [2.05, 4.69) is 0 Å². The summed E-state index contributed by atoms with van der Waals surface area (Å²) >= 11 is 0. The van der Waals surface area contributed by atoms with E-state index in [9.17, 15) is 13.2 Å². The number of benzene rings is 1. The van der Waals surface area contributed by atoms with Crippen LogP contribution in [0, 0.1) is 6.92 Å². The molecule has 2 nitrogen and oxygen atoms in total. The highest BCUT2D eigenvalue weighted by molar-refractivity contribution is 5.37. The van der Waals surface area contributed by atoms with Crippen LogP contribution in [-0.4, -0.2) is 12.8 Å². The number of alkyl halides is 3. The average Bonchev–Trinajstić information content (AvgIpc) is 2.19. The molecule has 1 aromatic carbocycles. The summed E-state index contributed by atoms with van der Waals surface area (Å²) in [5, 5.41) is 0. The molecule has 0 aliphatic carbocycles. The second-order valence-electron chi connectivity index (χ2n) is 3.48. The molecule has 1 rings (SSSR count). The number of hydrogen-bond donors (Lipinski definition) is 1. The second kappa shape index (κ2) is 4.74. The van der Waals surface area contributed by atoms with E-state index in [1.807, 2.05) is 6.92 Å². The lowest BCUT2D eigenvalue weighted by atomic mass is 10.0. The van der Waals surface area contributed by atoms with Gasteiger partial charge in [0.25, 0.3) is 0 Å². The van der Waals surface area contributed by atoms with Crippen molar-refractivity contribution in [3.05, 3.63) is 29.3 Å². The van der Waals surface area contributed by atoms with Crippen molar-refractivity contribution in [2.75, 3.05) is 6.61 Å². The van der Waals surface area contributed by atoms with E-state index in [1.54, 1.807) is 6.92 Å². The maximum atomic E-state index is 12.4. The predicted octanol–water partition coefficient (Wildman–Crippen LogP) is 2.96. The zero-order valence-electron chi connectivity index (χ0n) is 9.14. The van der Waals surface area contributed by atoms with E-state index >= 15 is 0 Å². The molecule has 0 aliphatic heterocycles. The number of rotatable bonds is 3. The van der Waals surface area contributed by atoms with Crippen molar-refractivity contribution >= 4 is 0 Å². The van der Waals surface area contributed by atoms with Gasteiger partial charge < -0.3 is 10.5 Å². The highest BCUT2D eigenvalue weighted by Crippen LogP contribution is 2.32. The Balaban J connectivity index is 2.97. The Hall–Kier alpha value is -1.23. The lowest BCUT2D eigenvalue weighted by Gasteiger charge is -2.17. The van der Waals surface area contributed by atoms with E-state index < -0.39 is 12.2 Å². The third-order valence-electron chi connectivity index (χ3n) is 2.21. The first-order chi connectivity index (χ1) is 7.36. The van der Waals surface area contributed by atoms with E-state index in [0.717, 1.165) is 0 Å². The summed E-state index contributed by atoms with van der Waals surface area (Å²) in [4.78, 5) is 0. The molecule has 1 atom stereocenters. The molecule has 0 radical (unpaired) electrons. The molecule has 0 aliphatic rings. The van der Waals surface area contributed by atoms with Gasteiger partial charge in [-0.2, -0.15) is 13.2 Å². The normalized spacial score (nSPS) is 13.6. The van der Waals surface area contributed by atoms with Gasteiger partial charge in [0.15, 0.2) is 0 Å². The molecule has 16 heavy (non-hydrogen) atoms. The molecule has 0 fully saturated rings. The van der Waals surface area contributed by atoms with Gasteiger partial charge >= 0.3 is 6.18 Å². The van der Waals surface area contributed by atoms with Crippen LogP contribution >= 0.6 is 0 Å². The fraction of sp³-hybridized carbons (Fsp3) is 0.455. The predicted molar refractivity (Wildman–Crippen MR) is 55.3 cm³/mol. The quantitative estimate of drug-likeness (QED) is 0.871. The number of nitrogens with two attached hydrogens (primary N) is 1. The molecule has 0 amide bonds. The van der Waals surface area contributed by atoms with Gasteiger partial charge in [-0.25, -0.2) is 0 Å². The van der Waals surface area contributed by atoms with Gasteiger partial charge in [0.2, 0.25) is 0 Å². The maximum Gasteiger partial charge on any atom is 0.407 e. The highest BCUT2D eigenvalue weighted by atomic mass is 19.4. The fourth-order valence-electron chi connectivity index (χ4n) is 1.37. The molecule has 5 heteroatoms. The largest absolute Gasteiger partial charge is 0.494 e. The Morgan fingerprint density at radius 1 is 1.38 bits per heavy atom. The minimum Gasteiger partial charge on any atom is -0.494 e. The number of ether oxygens (including phenoxy) is 1. The number of hydrogen-bond acceptors (Lipinski definition) is 2. The lowest BCUT2D eigenvalue weighted by molar-refractivity contribution is -0.149. The Labute approximate surface area is 92.2 Å². The van der Waals surface area contributed by atoms with Gasteiger partial charge in [-0.05, 0) is 31.0 Å². The van der Waals surface area contributed by atoms with Crippen molar-refractivity contribution in [1.29, 1.82) is 0 Å². The van der Waals surface area contributed by atoms with Crippen molar-refractivity contribution in [2.24, 2.45) is 5.73 Å². The van der Waals surface area contributed by atoms with E-state index in [0.29, 0.717) is 17.9 Å². The van der Waals surface area contributed by atoms with Crippen molar-refractivity contribution < 1.29 is 17.9 Å². The third-order valence-corrected chi connectivity index (χ3v) is 2.21. The molecule has 1 aromatic rings. The lowest BCUT2D eigenvalue weighted by Crippen LogP contribution is -2.28. The first-order valence-electron chi connectivity index (χ1n) is 4.92. The molecular formula is C11H14F3NO. The van der Waals surface area contributed by atoms with Gasteiger partial charge in [-0.15, -0.1) is 0 Å². The summed E-state index contributed by atoms with van der Waals surface area (Å²) in [6.45, 7) is 3.98. The Kier molecular flexibility index (Phi) is 3.80. The summed E-state index contributed by atoms with van der Waals surface area (Å²) < 4.78 is 42.3. The molecule has 0 spiro atoms. The first kappa shape index (κ1) is 12.8. The Morgan fingerprint density at radius 3 is 2.44 bits per heavy atom. The average molecular weight is 233 g/mol. The molecule has 1 unspecified atom stereocenters. The smallest absolute Gasteiger partial charge is 0.407 e. The Bertz CT molecular complexity index is 363. The van der Waals surface area contributed by atoms with Crippen LogP contribution in [0.15, 0.2) is 18.2 Å². The maximum absolute atomic E-state index is 12.4. The summed E-state index contributed by atoms with van der Waals surface area (Å²) in [5.74, 6) is 0.584. The van der Waals surface area contributed by atoms with Crippen LogP contribution < -0.4 is 10.5 Å². The summed E-state index contributed by atoms with van der Waals surface area (Å²) in [5.41, 5.74) is 5.80. The minimum atomic E-state index is -4.42. The van der Waals surface area contributed by atoms with Crippen LogP contribution in [0.1, 0.15) is 24.1 Å². The van der Waals surface area contributed by atoms with E-state index in [-0.39, 0.29) is 5.56 Å². The zero-order valence-corrected chi connectivity index (χ0v) is 9.14. The topological polar surface area (TPSA) is 35.2 Å². The van der Waals surface area contributed by atoms with Crippen LogP contribution in [0.3, 0.4) is 0 Å². The van der Waals surface area contributed by atoms with Crippen LogP contribution in [-0.2, 0) is 0 Å². The highest BCUT2D eigenvalue weighted by Gasteiger charge is 2.37. The molecule has 0 saturated carbocycles. The van der Waals surface area contributed by atoms with Crippen molar-refractivity contribution in [2.45, 2.75) is 26.1 Å². The molecule has 0 heterocycles. The molecule has 2 N–H and O–H groups in total. The minimum absolute atomic E-state index is 0.0495. The SMILES string of the molecule is CCOc1ccc(C(N)C(F)(F)F)cc1C. The molecule has 0 bridgehead atoms. The summed E-state index contributed by atoms with van der Waals surface area (Å²) in [6, 6.07) is 2.32. The van der Waals surface area contributed by atoms with E-state index in [1.165, 1.54) is 18.2 Å². The summed E-state index contributed by atoms with van der Waals surface area (Å²) in [6.07, 6.45) is -4.42. The number of aryl methyl sites for hydroxylation is 1. The monoisotopic (exact) mass is 233 g/mol. The van der Waals surface area contributed by atoms with Gasteiger partial charge in [0, 0.05) is 0 Å². The van der Waals surface area contributed by atoms with Crippen molar-refractivity contribution in [3.8, 4) is 5.75 Å². The van der Waals surface area contributed by atoms with Crippen LogP contribution in [0.25, 0.3) is 0 Å². The second-order valence-corrected chi connectivity index (χ2v) is 3.48. The van der Waals surface area contributed by atoms with Crippen LogP contribution in [0.5, 0.6) is 5.75 Å².